The number of allylic oxidation sites excluding steroid dienone is 2. The van der Waals surface area contributed by atoms with Crippen molar-refractivity contribution in [3.8, 4) is 0 Å². The monoisotopic (exact) mass is 450 g/mol. The van der Waals surface area contributed by atoms with Crippen molar-refractivity contribution in [3.63, 3.8) is 0 Å². The van der Waals surface area contributed by atoms with E-state index in [9.17, 15) is 4.79 Å². The molecular weight excluding hydrogens is 392 g/mol. The number of carbonyl (C=O) groups is 1. The van der Waals surface area contributed by atoms with Gasteiger partial charge in [-0.05, 0) is 32.1 Å². The quantitative estimate of drug-likeness (QED) is 0.0744. The van der Waals surface area contributed by atoms with Crippen molar-refractivity contribution in [2.24, 2.45) is 0 Å². The Morgan fingerprint density at radius 1 is 0.500 bits per heavy atom. The Kier molecular flexibility index (Phi) is 27.5. The lowest BCUT2D eigenvalue weighted by atomic mass is 10.0. The molecule has 0 saturated heterocycles. The number of hydrogen-bond donors (Lipinski definition) is 0. The minimum absolute atomic E-state index is 0.0125. The fraction of sp³-hybridized carbons (Fsp3) is 0.900. The lowest BCUT2D eigenvalue weighted by Crippen LogP contribution is -2.05. The van der Waals surface area contributed by atoms with Crippen molar-refractivity contribution >= 4 is 5.97 Å². The zero-order chi connectivity index (χ0) is 23.4. The van der Waals surface area contributed by atoms with E-state index >= 15 is 0 Å². The lowest BCUT2D eigenvalue weighted by molar-refractivity contribution is -0.143. The van der Waals surface area contributed by atoms with E-state index in [-0.39, 0.29) is 5.97 Å². The summed E-state index contributed by atoms with van der Waals surface area (Å²) in [5.41, 5.74) is 0. The molecule has 0 bridgehead atoms. The Morgan fingerprint density at radius 2 is 0.906 bits per heavy atom. The average molecular weight is 451 g/mol. The van der Waals surface area contributed by atoms with Crippen molar-refractivity contribution in [2.45, 2.75) is 168 Å². The van der Waals surface area contributed by atoms with Gasteiger partial charge in [0.1, 0.15) is 0 Å². The Morgan fingerprint density at radius 3 is 1.44 bits per heavy atom. The summed E-state index contributed by atoms with van der Waals surface area (Å²) < 4.78 is 5.39. The molecule has 0 heterocycles. The average Bonchev–Trinajstić information content (AvgIpc) is 2.80. The summed E-state index contributed by atoms with van der Waals surface area (Å²) in [5, 5.41) is 0. The Bertz CT molecular complexity index is 388. The molecule has 0 aromatic heterocycles. The van der Waals surface area contributed by atoms with Crippen LogP contribution in [-0.2, 0) is 9.53 Å². The molecule has 2 nitrogen and oxygen atoms in total. The number of esters is 1. The van der Waals surface area contributed by atoms with Gasteiger partial charge in [-0.25, -0.2) is 0 Å². The highest BCUT2D eigenvalue weighted by Crippen LogP contribution is 2.13. The van der Waals surface area contributed by atoms with Crippen molar-refractivity contribution < 1.29 is 9.53 Å². The van der Waals surface area contributed by atoms with E-state index in [1.165, 1.54) is 128 Å². The van der Waals surface area contributed by atoms with Crippen LogP contribution in [0.25, 0.3) is 0 Å². The van der Waals surface area contributed by atoms with Crippen LogP contribution in [0.15, 0.2) is 12.2 Å². The number of unbranched alkanes of at least 4 members (excludes halogenated alkanes) is 20. The molecule has 0 aliphatic rings. The number of rotatable bonds is 26. The fourth-order valence-electron chi connectivity index (χ4n) is 4.17. The fourth-order valence-corrected chi connectivity index (χ4v) is 4.17. The second-order valence-corrected chi connectivity index (χ2v) is 9.74. The van der Waals surface area contributed by atoms with E-state index in [4.69, 9.17) is 4.74 Å². The molecule has 0 aromatic rings. The molecule has 0 aliphatic heterocycles. The molecule has 0 fully saturated rings. The third-order valence-electron chi connectivity index (χ3n) is 6.40. The van der Waals surface area contributed by atoms with Crippen LogP contribution < -0.4 is 0 Å². The molecule has 0 radical (unpaired) electrons. The molecule has 0 unspecified atom stereocenters. The van der Waals surface area contributed by atoms with Crippen molar-refractivity contribution in [1.29, 1.82) is 0 Å². The molecule has 0 saturated carbocycles. The first-order chi connectivity index (χ1) is 15.8. The summed E-state index contributed by atoms with van der Waals surface area (Å²) in [6, 6.07) is 0. The minimum atomic E-state index is 0.0125. The SMILES string of the molecule is CCCC/C=C\CCCCCCCC(=O)OCCCCCCCCCCCCCCCC. The second kappa shape index (κ2) is 28.2. The highest BCUT2D eigenvalue weighted by atomic mass is 16.5. The Balaban J connectivity index is 3.17. The van der Waals surface area contributed by atoms with Crippen molar-refractivity contribution in [3.05, 3.63) is 12.2 Å². The molecule has 0 N–H and O–H groups in total. The van der Waals surface area contributed by atoms with Gasteiger partial charge >= 0.3 is 5.97 Å². The summed E-state index contributed by atoms with van der Waals surface area (Å²) in [7, 11) is 0. The highest BCUT2D eigenvalue weighted by molar-refractivity contribution is 5.69. The number of hydrogen-bond acceptors (Lipinski definition) is 2. The topological polar surface area (TPSA) is 26.3 Å². The van der Waals surface area contributed by atoms with E-state index in [2.05, 4.69) is 26.0 Å². The second-order valence-electron chi connectivity index (χ2n) is 9.74. The molecule has 0 spiro atoms. The zero-order valence-electron chi connectivity index (χ0n) is 22.1. The maximum absolute atomic E-state index is 11.8. The standard InChI is InChI=1S/C30H58O2/c1-3-5-7-9-11-13-15-16-17-19-21-23-25-27-29-32-30(31)28-26-24-22-20-18-14-12-10-8-6-4-2/h10,12H,3-9,11,13-29H2,1-2H3/b12-10-. The van der Waals surface area contributed by atoms with Crippen LogP contribution in [0, 0.1) is 0 Å². The molecule has 2 heteroatoms. The van der Waals surface area contributed by atoms with E-state index in [0.29, 0.717) is 13.0 Å². The van der Waals surface area contributed by atoms with E-state index in [1.54, 1.807) is 0 Å². The van der Waals surface area contributed by atoms with Gasteiger partial charge in [0.2, 0.25) is 0 Å². The maximum atomic E-state index is 11.8. The zero-order valence-corrected chi connectivity index (χ0v) is 22.1. The lowest BCUT2D eigenvalue weighted by Gasteiger charge is -2.05. The first-order valence-electron chi connectivity index (χ1n) is 14.6. The van der Waals surface area contributed by atoms with Crippen LogP contribution in [0.5, 0.6) is 0 Å². The summed E-state index contributed by atoms with van der Waals surface area (Å²) in [4.78, 5) is 11.8. The van der Waals surface area contributed by atoms with Crippen LogP contribution in [0.4, 0.5) is 0 Å². The molecular formula is C30H58O2. The van der Waals surface area contributed by atoms with E-state index < -0.39 is 0 Å². The molecule has 190 valence electrons. The largest absolute Gasteiger partial charge is 0.466 e. The van der Waals surface area contributed by atoms with Crippen molar-refractivity contribution in [2.75, 3.05) is 6.61 Å². The summed E-state index contributed by atoms with van der Waals surface area (Å²) in [6.07, 6.45) is 35.3. The number of ether oxygens (including phenoxy) is 1. The van der Waals surface area contributed by atoms with Crippen LogP contribution in [-0.4, -0.2) is 12.6 Å². The van der Waals surface area contributed by atoms with Crippen LogP contribution in [0.3, 0.4) is 0 Å². The molecule has 0 rings (SSSR count). The predicted octanol–water partition coefficient (Wildman–Crippen LogP) is 10.5. The summed E-state index contributed by atoms with van der Waals surface area (Å²) >= 11 is 0. The van der Waals surface area contributed by atoms with Gasteiger partial charge in [-0.15, -0.1) is 0 Å². The van der Waals surface area contributed by atoms with Crippen LogP contribution in [0.2, 0.25) is 0 Å². The molecule has 0 aromatic carbocycles. The van der Waals surface area contributed by atoms with E-state index in [0.717, 1.165) is 19.3 Å². The maximum Gasteiger partial charge on any atom is 0.305 e. The highest BCUT2D eigenvalue weighted by Gasteiger charge is 2.02. The van der Waals surface area contributed by atoms with Gasteiger partial charge in [0.05, 0.1) is 6.61 Å². The third-order valence-corrected chi connectivity index (χ3v) is 6.40. The summed E-state index contributed by atoms with van der Waals surface area (Å²) in [6.45, 7) is 5.15. The first kappa shape index (κ1) is 31.2. The Labute approximate surface area is 202 Å². The van der Waals surface area contributed by atoms with Gasteiger partial charge in [0, 0.05) is 6.42 Å². The smallest absolute Gasteiger partial charge is 0.305 e. The molecule has 0 amide bonds. The van der Waals surface area contributed by atoms with Crippen LogP contribution in [0.1, 0.15) is 168 Å². The van der Waals surface area contributed by atoms with Gasteiger partial charge in [0.25, 0.3) is 0 Å². The normalized spacial score (nSPS) is 11.4. The van der Waals surface area contributed by atoms with Gasteiger partial charge in [-0.2, -0.15) is 0 Å². The van der Waals surface area contributed by atoms with Gasteiger partial charge in [-0.1, -0.05) is 142 Å². The molecule has 32 heavy (non-hydrogen) atoms. The Hall–Kier alpha value is -0.790. The summed E-state index contributed by atoms with van der Waals surface area (Å²) in [5.74, 6) is 0.0125. The first-order valence-corrected chi connectivity index (χ1v) is 14.6. The predicted molar refractivity (Wildman–Crippen MR) is 142 cm³/mol. The van der Waals surface area contributed by atoms with Gasteiger partial charge in [-0.3, -0.25) is 4.79 Å². The third kappa shape index (κ3) is 27.2. The molecule has 0 atom stereocenters. The molecule has 0 aliphatic carbocycles. The minimum Gasteiger partial charge on any atom is -0.466 e. The van der Waals surface area contributed by atoms with Crippen molar-refractivity contribution in [1.82, 2.24) is 0 Å². The van der Waals surface area contributed by atoms with E-state index in [1.807, 2.05) is 0 Å². The van der Waals surface area contributed by atoms with Crippen LogP contribution >= 0.6 is 0 Å². The van der Waals surface area contributed by atoms with Gasteiger partial charge in [0.15, 0.2) is 0 Å². The van der Waals surface area contributed by atoms with Gasteiger partial charge < -0.3 is 4.74 Å². The number of carbonyl (C=O) groups excluding carboxylic acids is 1.